The van der Waals surface area contributed by atoms with E-state index >= 15 is 0 Å². The molecule has 17 heavy (non-hydrogen) atoms. The van der Waals surface area contributed by atoms with Crippen molar-refractivity contribution in [3.63, 3.8) is 0 Å². The first kappa shape index (κ1) is 13.6. The quantitative estimate of drug-likeness (QED) is 0.793. The molecule has 0 spiro atoms. The summed E-state index contributed by atoms with van der Waals surface area (Å²) < 4.78 is 31.5. The molecule has 4 heteroatoms. The highest BCUT2D eigenvalue weighted by molar-refractivity contribution is 5.77. The summed E-state index contributed by atoms with van der Waals surface area (Å²) >= 11 is 0. The van der Waals surface area contributed by atoms with Gasteiger partial charge in [-0.1, -0.05) is 6.92 Å². The van der Waals surface area contributed by atoms with E-state index in [4.69, 9.17) is 4.74 Å². The van der Waals surface area contributed by atoms with Crippen LogP contribution in [0.25, 0.3) is 0 Å². The van der Waals surface area contributed by atoms with Crippen molar-refractivity contribution in [3.8, 4) is 5.75 Å². The largest absolute Gasteiger partial charge is 0.496 e. The first-order chi connectivity index (χ1) is 7.92. The van der Waals surface area contributed by atoms with Crippen LogP contribution in [0.4, 0.5) is 8.78 Å². The van der Waals surface area contributed by atoms with Crippen LogP contribution in [0.15, 0.2) is 18.2 Å². The van der Waals surface area contributed by atoms with Gasteiger partial charge in [0.15, 0.2) is 0 Å². The second-order valence-corrected chi connectivity index (χ2v) is 4.42. The van der Waals surface area contributed by atoms with Gasteiger partial charge in [-0.15, -0.1) is 0 Å². The van der Waals surface area contributed by atoms with Crippen molar-refractivity contribution >= 4 is 5.78 Å². The molecular weight excluding hydrogens is 226 g/mol. The van der Waals surface area contributed by atoms with Gasteiger partial charge in [0.25, 0.3) is 0 Å². The maximum Gasteiger partial charge on any atom is 0.130 e. The average Bonchev–Trinajstić information content (AvgIpc) is 2.28. The highest BCUT2D eigenvalue weighted by Gasteiger charge is 2.31. The highest BCUT2D eigenvalue weighted by atomic mass is 19.1. The minimum atomic E-state index is -1.04. The van der Waals surface area contributed by atoms with Crippen molar-refractivity contribution in [2.75, 3.05) is 13.8 Å². The van der Waals surface area contributed by atoms with Gasteiger partial charge >= 0.3 is 0 Å². The van der Waals surface area contributed by atoms with Crippen molar-refractivity contribution in [3.05, 3.63) is 29.6 Å². The van der Waals surface area contributed by atoms with Crippen LogP contribution in [0.1, 0.15) is 25.8 Å². The van der Waals surface area contributed by atoms with E-state index in [0.29, 0.717) is 11.3 Å². The molecule has 94 valence electrons. The van der Waals surface area contributed by atoms with Crippen LogP contribution < -0.4 is 4.74 Å². The van der Waals surface area contributed by atoms with E-state index in [1.54, 1.807) is 6.92 Å². The third-order valence-electron chi connectivity index (χ3n) is 2.75. The van der Waals surface area contributed by atoms with Gasteiger partial charge in [0.1, 0.15) is 17.3 Å². The molecule has 0 radical (unpaired) electrons. The molecule has 0 heterocycles. The molecule has 1 aromatic rings. The van der Waals surface area contributed by atoms with Crippen LogP contribution >= 0.6 is 0 Å². The number of ketones is 1. The Morgan fingerprint density at radius 2 is 2.12 bits per heavy atom. The fourth-order valence-corrected chi connectivity index (χ4v) is 1.92. The van der Waals surface area contributed by atoms with Crippen molar-refractivity contribution in [2.24, 2.45) is 0 Å². The Hall–Kier alpha value is -1.45. The van der Waals surface area contributed by atoms with E-state index in [9.17, 15) is 13.6 Å². The molecule has 0 bridgehead atoms. The molecular formula is C13H16F2O2. The Morgan fingerprint density at radius 1 is 1.47 bits per heavy atom. The topological polar surface area (TPSA) is 26.3 Å². The molecule has 2 nitrogen and oxygen atoms in total. The summed E-state index contributed by atoms with van der Waals surface area (Å²) in [5.41, 5.74) is -0.656. The molecule has 0 aliphatic carbocycles. The number of benzene rings is 1. The third kappa shape index (κ3) is 3.02. The summed E-state index contributed by atoms with van der Waals surface area (Å²) in [5.74, 6) is -0.215. The molecule has 0 fully saturated rings. The summed E-state index contributed by atoms with van der Waals surface area (Å²) in [4.78, 5) is 11.2. The lowest BCUT2D eigenvalue weighted by molar-refractivity contribution is -0.118. The molecule has 1 aromatic carbocycles. The van der Waals surface area contributed by atoms with Crippen LogP contribution in [0.2, 0.25) is 0 Å². The molecule has 0 aromatic heterocycles. The zero-order chi connectivity index (χ0) is 13.1. The minimum absolute atomic E-state index is 0.0172. The first-order valence-corrected chi connectivity index (χ1v) is 5.32. The Labute approximate surface area is 99.6 Å². The fraction of sp³-hybridized carbons (Fsp3) is 0.462. The van der Waals surface area contributed by atoms with Gasteiger partial charge in [-0.3, -0.25) is 9.18 Å². The molecule has 0 amide bonds. The number of carbonyl (C=O) groups is 1. The molecule has 0 saturated heterocycles. The van der Waals surface area contributed by atoms with E-state index in [0.717, 1.165) is 0 Å². The summed E-state index contributed by atoms with van der Waals surface area (Å²) in [7, 11) is 1.43. The third-order valence-corrected chi connectivity index (χ3v) is 2.75. The Kier molecular flexibility index (Phi) is 4.21. The second kappa shape index (κ2) is 5.25. The second-order valence-electron chi connectivity index (χ2n) is 4.42. The van der Waals surface area contributed by atoms with Crippen LogP contribution in [0.3, 0.4) is 0 Å². The standard InChI is InChI=1S/C13H16F2O2/c1-9(16)7-13(2,8-14)11-6-10(15)4-5-12(11)17-3/h4-6H,7-8H2,1-3H3. The molecule has 0 aliphatic heterocycles. The van der Waals surface area contributed by atoms with E-state index in [1.165, 1.54) is 32.2 Å². The maximum absolute atomic E-state index is 13.2. The molecule has 0 saturated carbocycles. The van der Waals surface area contributed by atoms with Crippen molar-refractivity contribution in [1.29, 1.82) is 0 Å². The summed E-state index contributed by atoms with van der Waals surface area (Å²) in [5, 5.41) is 0. The lowest BCUT2D eigenvalue weighted by Gasteiger charge is -2.27. The summed E-state index contributed by atoms with van der Waals surface area (Å²) in [6.07, 6.45) is 0.0172. The molecule has 1 atom stereocenters. The number of carbonyl (C=O) groups excluding carboxylic acids is 1. The number of alkyl halides is 1. The highest BCUT2D eigenvalue weighted by Crippen LogP contribution is 2.35. The summed E-state index contributed by atoms with van der Waals surface area (Å²) in [6.45, 7) is 2.23. The first-order valence-electron chi connectivity index (χ1n) is 5.32. The van der Waals surface area contributed by atoms with Crippen molar-refractivity contribution < 1.29 is 18.3 Å². The Bertz CT molecular complexity index is 418. The predicted molar refractivity (Wildman–Crippen MR) is 61.6 cm³/mol. The molecule has 1 rings (SSSR count). The average molecular weight is 242 g/mol. The number of hydrogen-bond acceptors (Lipinski definition) is 2. The van der Waals surface area contributed by atoms with E-state index < -0.39 is 17.9 Å². The molecule has 1 unspecified atom stereocenters. The Balaban J connectivity index is 3.26. The number of rotatable bonds is 5. The monoisotopic (exact) mass is 242 g/mol. The van der Waals surface area contributed by atoms with Gasteiger partial charge in [0.2, 0.25) is 0 Å². The predicted octanol–water partition coefficient (Wildman–Crippen LogP) is 3.04. The van der Waals surface area contributed by atoms with Crippen LogP contribution in [-0.4, -0.2) is 19.6 Å². The van der Waals surface area contributed by atoms with Gasteiger partial charge in [-0.25, -0.2) is 4.39 Å². The zero-order valence-corrected chi connectivity index (χ0v) is 10.2. The normalized spacial score (nSPS) is 14.2. The van der Waals surface area contributed by atoms with Crippen molar-refractivity contribution in [2.45, 2.75) is 25.7 Å². The van der Waals surface area contributed by atoms with E-state index in [2.05, 4.69) is 0 Å². The number of methoxy groups -OCH3 is 1. The van der Waals surface area contributed by atoms with Crippen molar-refractivity contribution in [1.82, 2.24) is 0 Å². The van der Waals surface area contributed by atoms with Gasteiger partial charge in [0.05, 0.1) is 13.8 Å². The lowest BCUT2D eigenvalue weighted by atomic mass is 9.79. The summed E-state index contributed by atoms with van der Waals surface area (Å²) in [6, 6.07) is 3.91. The van der Waals surface area contributed by atoms with Crippen LogP contribution in [0.5, 0.6) is 5.75 Å². The number of halogens is 2. The van der Waals surface area contributed by atoms with Gasteiger partial charge in [0, 0.05) is 17.4 Å². The lowest BCUT2D eigenvalue weighted by Crippen LogP contribution is -2.28. The van der Waals surface area contributed by atoms with Crippen LogP contribution in [0, 0.1) is 5.82 Å². The number of Topliss-reactive ketones (excluding diaryl/α,β-unsaturated/α-hetero) is 1. The SMILES string of the molecule is COc1ccc(F)cc1C(C)(CF)CC(C)=O. The van der Waals surface area contributed by atoms with Gasteiger partial charge in [-0.2, -0.15) is 0 Å². The Morgan fingerprint density at radius 3 is 2.59 bits per heavy atom. The molecule has 0 N–H and O–H groups in total. The van der Waals surface area contributed by atoms with E-state index in [-0.39, 0.29) is 12.2 Å². The smallest absolute Gasteiger partial charge is 0.130 e. The zero-order valence-electron chi connectivity index (χ0n) is 10.2. The van der Waals surface area contributed by atoms with Gasteiger partial charge < -0.3 is 4.74 Å². The van der Waals surface area contributed by atoms with E-state index in [1.807, 2.05) is 0 Å². The van der Waals surface area contributed by atoms with Crippen LogP contribution in [-0.2, 0) is 10.2 Å². The van der Waals surface area contributed by atoms with Gasteiger partial charge in [-0.05, 0) is 25.1 Å². The maximum atomic E-state index is 13.2. The minimum Gasteiger partial charge on any atom is -0.496 e. The number of hydrogen-bond donors (Lipinski definition) is 0. The fourth-order valence-electron chi connectivity index (χ4n) is 1.92. The molecule has 0 aliphatic rings. The number of ether oxygens (including phenoxy) is 1.